The molecule has 2 heterocycles. The molecule has 2 rings (SSSR count). The van der Waals surface area contributed by atoms with Crippen molar-refractivity contribution in [2.75, 3.05) is 6.54 Å². The van der Waals surface area contributed by atoms with Crippen molar-refractivity contribution in [3.05, 3.63) is 0 Å². The lowest BCUT2D eigenvalue weighted by Crippen LogP contribution is -2.54. The molecule has 0 spiro atoms. The molecule has 3 atom stereocenters. The van der Waals surface area contributed by atoms with Crippen LogP contribution in [-0.2, 0) is 0 Å². The Morgan fingerprint density at radius 2 is 1.71 bits per heavy atom. The van der Waals surface area contributed by atoms with Gasteiger partial charge in [-0.1, -0.05) is 27.7 Å². The van der Waals surface area contributed by atoms with Crippen LogP contribution in [0, 0.1) is 5.92 Å². The highest BCUT2D eigenvalue weighted by Gasteiger charge is 2.43. The van der Waals surface area contributed by atoms with E-state index in [2.05, 4.69) is 37.9 Å². The molecule has 0 aromatic heterocycles. The predicted octanol–water partition coefficient (Wildman–Crippen LogP) is 3.03. The average molecular weight is 238 g/mol. The third kappa shape index (κ3) is 2.68. The van der Waals surface area contributed by atoms with Crippen LogP contribution in [0.1, 0.15) is 59.8 Å². The van der Waals surface area contributed by atoms with E-state index in [1.807, 2.05) is 0 Å². The van der Waals surface area contributed by atoms with Crippen molar-refractivity contribution in [3.8, 4) is 0 Å². The SMILES string of the molecule is CCNC1CC2CCC(C1)N2C(CC)C(C)C. The van der Waals surface area contributed by atoms with E-state index in [0.717, 1.165) is 36.6 Å². The Kier molecular flexibility index (Phi) is 4.48. The molecule has 3 unspecified atom stereocenters. The number of nitrogens with zero attached hydrogens (tertiary/aromatic N) is 1. The summed E-state index contributed by atoms with van der Waals surface area (Å²) in [6, 6.07) is 3.34. The molecule has 2 nitrogen and oxygen atoms in total. The third-order valence-corrected chi connectivity index (χ3v) is 4.85. The molecule has 0 aromatic rings. The van der Waals surface area contributed by atoms with E-state index in [4.69, 9.17) is 0 Å². The van der Waals surface area contributed by atoms with Crippen LogP contribution in [-0.4, -0.2) is 35.6 Å². The van der Waals surface area contributed by atoms with Crippen LogP contribution >= 0.6 is 0 Å². The molecule has 2 fully saturated rings. The Morgan fingerprint density at radius 1 is 1.12 bits per heavy atom. The molecule has 1 N–H and O–H groups in total. The second-order valence-electron chi connectivity index (χ2n) is 6.28. The van der Waals surface area contributed by atoms with Gasteiger partial charge < -0.3 is 5.32 Å². The molecule has 100 valence electrons. The molecule has 2 heteroatoms. The summed E-state index contributed by atoms with van der Waals surface area (Å²) >= 11 is 0. The van der Waals surface area contributed by atoms with Crippen LogP contribution in [0.25, 0.3) is 0 Å². The van der Waals surface area contributed by atoms with Gasteiger partial charge in [-0.05, 0) is 44.6 Å². The summed E-state index contributed by atoms with van der Waals surface area (Å²) < 4.78 is 0. The number of fused-ring (bicyclic) bond motifs is 2. The van der Waals surface area contributed by atoms with Gasteiger partial charge in [0.25, 0.3) is 0 Å². The van der Waals surface area contributed by atoms with Crippen LogP contribution in [0.3, 0.4) is 0 Å². The van der Waals surface area contributed by atoms with E-state index in [1.54, 1.807) is 0 Å². The minimum absolute atomic E-state index is 0.790. The van der Waals surface area contributed by atoms with Gasteiger partial charge in [0.15, 0.2) is 0 Å². The molecule has 0 saturated carbocycles. The van der Waals surface area contributed by atoms with E-state index < -0.39 is 0 Å². The molecule has 2 aliphatic heterocycles. The number of rotatable bonds is 5. The maximum Gasteiger partial charge on any atom is 0.0121 e. The highest BCUT2D eigenvalue weighted by molar-refractivity contribution is 5.00. The van der Waals surface area contributed by atoms with Gasteiger partial charge in [-0.25, -0.2) is 0 Å². The molecule has 0 radical (unpaired) electrons. The van der Waals surface area contributed by atoms with Crippen molar-refractivity contribution in [2.45, 2.75) is 84.0 Å². The lowest BCUT2D eigenvalue weighted by atomic mass is 9.91. The molecule has 0 aliphatic carbocycles. The summed E-state index contributed by atoms with van der Waals surface area (Å²) in [4.78, 5) is 2.89. The molecule has 2 saturated heterocycles. The normalized spacial score (nSPS) is 35.5. The second kappa shape index (κ2) is 5.71. The summed E-state index contributed by atoms with van der Waals surface area (Å²) in [6.07, 6.45) is 6.96. The van der Waals surface area contributed by atoms with Crippen molar-refractivity contribution in [1.29, 1.82) is 0 Å². The van der Waals surface area contributed by atoms with E-state index in [0.29, 0.717) is 0 Å². The highest BCUT2D eigenvalue weighted by atomic mass is 15.3. The Hall–Kier alpha value is -0.0800. The topological polar surface area (TPSA) is 15.3 Å². The Bertz CT molecular complexity index is 225. The summed E-state index contributed by atoms with van der Waals surface area (Å²) in [6.45, 7) is 10.5. The molecule has 0 aromatic carbocycles. The van der Waals surface area contributed by atoms with Gasteiger partial charge in [-0.2, -0.15) is 0 Å². The van der Waals surface area contributed by atoms with Crippen molar-refractivity contribution in [3.63, 3.8) is 0 Å². The van der Waals surface area contributed by atoms with Gasteiger partial charge in [0.05, 0.1) is 0 Å². The minimum atomic E-state index is 0.790. The second-order valence-corrected chi connectivity index (χ2v) is 6.28. The lowest BCUT2D eigenvalue weighted by molar-refractivity contribution is 0.0462. The standard InChI is InChI=1S/C15H30N2/c1-5-15(11(3)4)17-13-7-8-14(17)10-12(9-13)16-6-2/h11-16H,5-10H2,1-4H3. The van der Waals surface area contributed by atoms with Crippen LogP contribution in [0.5, 0.6) is 0 Å². The fraction of sp³-hybridized carbons (Fsp3) is 1.00. The van der Waals surface area contributed by atoms with Gasteiger partial charge >= 0.3 is 0 Å². The first kappa shape index (κ1) is 13.4. The summed E-state index contributed by atoms with van der Waals surface area (Å²) in [7, 11) is 0. The zero-order valence-electron chi connectivity index (χ0n) is 12.1. The van der Waals surface area contributed by atoms with E-state index in [9.17, 15) is 0 Å². The maximum absolute atomic E-state index is 3.67. The maximum atomic E-state index is 3.67. The first-order chi connectivity index (χ1) is 8.17. The molecular formula is C15H30N2. The van der Waals surface area contributed by atoms with Gasteiger partial charge in [-0.15, -0.1) is 0 Å². The Balaban J connectivity index is 2.02. The van der Waals surface area contributed by atoms with Gasteiger partial charge in [-0.3, -0.25) is 4.90 Å². The predicted molar refractivity (Wildman–Crippen MR) is 74.3 cm³/mol. The largest absolute Gasteiger partial charge is 0.314 e. The quantitative estimate of drug-likeness (QED) is 0.792. The Morgan fingerprint density at radius 3 is 2.12 bits per heavy atom. The van der Waals surface area contributed by atoms with Crippen molar-refractivity contribution in [2.24, 2.45) is 5.92 Å². The third-order valence-electron chi connectivity index (χ3n) is 4.85. The van der Waals surface area contributed by atoms with Gasteiger partial charge in [0, 0.05) is 24.2 Å². The van der Waals surface area contributed by atoms with Crippen LogP contribution < -0.4 is 5.32 Å². The van der Waals surface area contributed by atoms with Crippen molar-refractivity contribution < 1.29 is 0 Å². The van der Waals surface area contributed by atoms with Crippen LogP contribution in [0.2, 0.25) is 0 Å². The number of nitrogens with one attached hydrogen (secondary N) is 1. The smallest absolute Gasteiger partial charge is 0.0121 e. The van der Waals surface area contributed by atoms with Crippen LogP contribution in [0.15, 0.2) is 0 Å². The van der Waals surface area contributed by atoms with Crippen molar-refractivity contribution >= 4 is 0 Å². The van der Waals surface area contributed by atoms with E-state index >= 15 is 0 Å². The Labute approximate surface area is 107 Å². The first-order valence-corrected chi connectivity index (χ1v) is 7.68. The number of hydrogen-bond acceptors (Lipinski definition) is 2. The number of hydrogen-bond donors (Lipinski definition) is 1. The molecule has 17 heavy (non-hydrogen) atoms. The van der Waals surface area contributed by atoms with Gasteiger partial charge in [0.1, 0.15) is 0 Å². The summed E-state index contributed by atoms with van der Waals surface area (Å²) in [5, 5.41) is 3.67. The van der Waals surface area contributed by atoms with E-state index in [1.165, 1.54) is 32.1 Å². The van der Waals surface area contributed by atoms with Crippen molar-refractivity contribution in [1.82, 2.24) is 10.2 Å². The molecule has 2 aliphatic rings. The van der Waals surface area contributed by atoms with E-state index in [-0.39, 0.29) is 0 Å². The monoisotopic (exact) mass is 238 g/mol. The lowest BCUT2D eigenvalue weighted by Gasteiger charge is -2.45. The summed E-state index contributed by atoms with van der Waals surface area (Å²) in [5.74, 6) is 0.804. The zero-order chi connectivity index (χ0) is 12.4. The molecule has 0 amide bonds. The fourth-order valence-electron chi connectivity index (χ4n) is 4.24. The molecular weight excluding hydrogens is 208 g/mol. The molecule has 2 bridgehead atoms. The van der Waals surface area contributed by atoms with Gasteiger partial charge in [0.2, 0.25) is 0 Å². The fourth-order valence-corrected chi connectivity index (χ4v) is 4.24. The zero-order valence-corrected chi connectivity index (χ0v) is 12.1. The number of piperidine rings is 1. The minimum Gasteiger partial charge on any atom is -0.314 e. The van der Waals surface area contributed by atoms with Crippen LogP contribution in [0.4, 0.5) is 0 Å². The summed E-state index contributed by atoms with van der Waals surface area (Å²) in [5.41, 5.74) is 0. The highest BCUT2D eigenvalue weighted by Crippen LogP contribution is 2.39. The first-order valence-electron chi connectivity index (χ1n) is 7.68. The average Bonchev–Trinajstić information content (AvgIpc) is 2.54.